The average Bonchev–Trinajstić information content (AvgIpc) is 3.44. The zero-order chi connectivity index (χ0) is 22.8. The lowest BCUT2D eigenvalue weighted by atomic mass is 10.0. The summed E-state index contributed by atoms with van der Waals surface area (Å²) in [4.78, 5) is 35.0. The Labute approximate surface area is 192 Å². The minimum atomic E-state index is 0.151. The van der Waals surface area contributed by atoms with Gasteiger partial charge < -0.3 is 4.90 Å². The number of rotatable bonds is 7. The van der Waals surface area contributed by atoms with Crippen molar-refractivity contribution in [3.8, 4) is 5.69 Å². The van der Waals surface area contributed by atoms with Crippen molar-refractivity contribution in [2.75, 3.05) is 11.4 Å². The topological polar surface area (TPSA) is 81.0 Å². The van der Waals surface area contributed by atoms with Crippen molar-refractivity contribution < 1.29 is 9.59 Å². The van der Waals surface area contributed by atoms with Gasteiger partial charge in [0, 0.05) is 54.5 Å². The molecule has 4 aromatic rings. The first kappa shape index (κ1) is 21.0. The lowest BCUT2D eigenvalue weighted by molar-refractivity contribution is -0.118. The van der Waals surface area contributed by atoms with Crippen LogP contribution < -0.4 is 4.90 Å². The van der Waals surface area contributed by atoms with Crippen LogP contribution in [-0.2, 0) is 22.4 Å². The first-order chi connectivity index (χ1) is 16.1. The van der Waals surface area contributed by atoms with Gasteiger partial charge in [-0.1, -0.05) is 12.1 Å². The second kappa shape index (κ2) is 8.94. The van der Waals surface area contributed by atoms with E-state index in [0.29, 0.717) is 25.7 Å². The molecule has 4 heterocycles. The molecule has 0 atom stereocenters. The van der Waals surface area contributed by atoms with E-state index < -0.39 is 0 Å². The third kappa shape index (κ3) is 4.53. The van der Waals surface area contributed by atoms with E-state index >= 15 is 0 Å². The minimum absolute atomic E-state index is 0.151. The summed E-state index contributed by atoms with van der Waals surface area (Å²) in [6.45, 7) is 2.73. The van der Waals surface area contributed by atoms with Crippen molar-refractivity contribution in [1.29, 1.82) is 0 Å². The second-order valence-electron chi connectivity index (χ2n) is 8.48. The number of ketones is 1. The Bertz CT molecular complexity index is 1330. The van der Waals surface area contributed by atoms with E-state index in [0.717, 1.165) is 52.2 Å². The predicted molar refractivity (Wildman–Crippen MR) is 126 cm³/mol. The molecular weight excluding hydrogens is 414 g/mol. The number of hydrogen-bond donors (Lipinski definition) is 0. The molecule has 1 fully saturated rings. The number of aromatic nitrogens is 4. The summed E-state index contributed by atoms with van der Waals surface area (Å²) in [5.41, 5.74) is 5.53. The summed E-state index contributed by atoms with van der Waals surface area (Å²) >= 11 is 0. The van der Waals surface area contributed by atoms with E-state index in [4.69, 9.17) is 0 Å². The van der Waals surface area contributed by atoms with Crippen molar-refractivity contribution in [1.82, 2.24) is 19.7 Å². The molecule has 0 N–H and O–H groups in total. The predicted octanol–water partition coefficient (Wildman–Crippen LogP) is 4.00. The Morgan fingerprint density at radius 1 is 1.03 bits per heavy atom. The molecule has 1 saturated heterocycles. The fourth-order valence-corrected chi connectivity index (χ4v) is 4.27. The third-order valence-electron chi connectivity index (χ3n) is 6.03. The van der Waals surface area contributed by atoms with Gasteiger partial charge in [-0.2, -0.15) is 5.10 Å². The van der Waals surface area contributed by atoms with Crippen molar-refractivity contribution >= 4 is 28.3 Å². The quantitative estimate of drug-likeness (QED) is 0.435. The van der Waals surface area contributed by atoms with Gasteiger partial charge in [0.1, 0.15) is 5.78 Å². The molecule has 166 valence electrons. The van der Waals surface area contributed by atoms with Gasteiger partial charge in [-0.05, 0) is 55.7 Å². The van der Waals surface area contributed by atoms with Crippen molar-refractivity contribution in [2.24, 2.45) is 0 Å². The van der Waals surface area contributed by atoms with Crippen LogP contribution in [0.1, 0.15) is 36.2 Å². The van der Waals surface area contributed by atoms with Crippen LogP contribution in [-0.4, -0.2) is 38.0 Å². The molecule has 7 nitrogen and oxygen atoms in total. The molecule has 0 bridgehead atoms. The van der Waals surface area contributed by atoms with Crippen LogP contribution in [0.3, 0.4) is 0 Å². The SMILES string of the molecule is Cc1cc(-n2ncc3cc(CC(=O)CCc4ccc(N5CCCC5=O)cc4)ncc32)ccn1. The largest absolute Gasteiger partial charge is 0.312 e. The molecule has 1 amide bonds. The highest BCUT2D eigenvalue weighted by atomic mass is 16.2. The maximum Gasteiger partial charge on any atom is 0.227 e. The van der Waals surface area contributed by atoms with E-state index in [1.807, 2.05) is 59.0 Å². The lowest BCUT2D eigenvalue weighted by Gasteiger charge is -2.15. The van der Waals surface area contributed by atoms with E-state index in [1.165, 1.54) is 0 Å². The lowest BCUT2D eigenvalue weighted by Crippen LogP contribution is -2.23. The fourth-order valence-electron chi connectivity index (χ4n) is 4.27. The molecule has 5 rings (SSSR count). The van der Waals surface area contributed by atoms with E-state index in [2.05, 4.69) is 15.1 Å². The molecule has 1 aromatic carbocycles. The van der Waals surface area contributed by atoms with Crippen LogP contribution in [0.25, 0.3) is 16.6 Å². The number of amides is 1. The van der Waals surface area contributed by atoms with Gasteiger partial charge in [0.15, 0.2) is 0 Å². The zero-order valence-electron chi connectivity index (χ0n) is 18.6. The minimum Gasteiger partial charge on any atom is -0.312 e. The van der Waals surface area contributed by atoms with E-state index in [1.54, 1.807) is 18.6 Å². The highest BCUT2D eigenvalue weighted by Gasteiger charge is 2.21. The number of Topliss-reactive ketones (excluding diaryl/α,β-unsaturated/α-hetero) is 1. The number of carbonyl (C=O) groups excluding carboxylic acids is 2. The van der Waals surface area contributed by atoms with Gasteiger partial charge >= 0.3 is 0 Å². The van der Waals surface area contributed by atoms with Crippen molar-refractivity contribution in [2.45, 2.75) is 39.0 Å². The van der Waals surface area contributed by atoms with Crippen LogP contribution in [0.15, 0.2) is 61.1 Å². The van der Waals surface area contributed by atoms with Gasteiger partial charge in [-0.15, -0.1) is 0 Å². The van der Waals surface area contributed by atoms with Crippen LogP contribution in [0.4, 0.5) is 5.69 Å². The average molecular weight is 440 g/mol. The van der Waals surface area contributed by atoms with E-state index in [-0.39, 0.29) is 11.7 Å². The highest BCUT2D eigenvalue weighted by Crippen LogP contribution is 2.22. The van der Waals surface area contributed by atoms with Gasteiger partial charge in [0.05, 0.1) is 23.6 Å². The summed E-state index contributed by atoms with van der Waals surface area (Å²) in [5, 5.41) is 5.44. The number of benzene rings is 1. The first-order valence-electron chi connectivity index (χ1n) is 11.2. The number of nitrogens with zero attached hydrogens (tertiary/aromatic N) is 5. The van der Waals surface area contributed by atoms with Gasteiger partial charge in [-0.25, -0.2) is 4.68 Å². The Morgan fingerprint density at radius 2 is 1.88 bits per heavy atom. The molecule has 0 spiro atoms. The molecule has 7 heteroatoms. The Balaban J connectivity index is 1.21. The summed E-state index contributed by atoms with van der Waals surface area (Å²) in [6, 6.07) is 13.8. The molecular formula is C26H25N5O2. The molecule has 3 aromatic heterocycles. The standard InChI is InChI=1S/C26H25N5O2/c1-18-13-23(10-11-27-18)31-25-17-28-21(14-20(25)16-29-31)15-24(32)9-6-19-4-7-22(8-5-19)30-12-2-3-26(30)33/h4-5,7-8,10-11,13-14,16-17H,2-3,6,9,12,15H2,1H3. The van der Waals surface area contributed by atoms with Crippen LogP contribution in [0.5, 0.6) is 0 Å². The summed E-state index contributed by atoms with van der Waals surface area (Å²) in [6.07, 6.45) is 8.31. The number of carbonyl (C=O) groups is 2. The van der Waals surface area contributed by atoms with Crippen molar-refractivity contribution in [3.05, 3.63) is 78.0 Å². The molecule has 0 saturated carbocycles. The normalized spacial score (nSPS) is 13.7. The molecule has 1 aliphatic rings. The highest BCUT2D eigenvalue weighted by molar-refractivity contribution is 5.95. The Kier molecular flexibility index (Phi) is 5.69. The number of pyridine rings is 2. The number of aryl methyl sites for hydroxylation is 2. The van der Waals surface area contributed by atoms with Gasteiger partial charge in [0.2, 0.25) is 5.91 Å². The molecule has 0 aliphatic carbocycles. The molecule has 33 heavy (non-hydrogen) atoms. The van der Waals surface area contributed by atoms with E-state index in [9.17, 15) is 9.59 Å². The van der Waals surface area contributed by atoms with Crippen molar-refractivity contribution in [3.63, 3.8) is 0 Å². The number of hydrogen-bond acceptors (Lipinski definition) is 5. The second-order valence-corrected chi connectivity index (χ2v) is 8.48. The molecule has 0 radical (unpaired) electrons. The monoisotopic (exact) mass is 439 g/mol. The summed E-state index contributed by atoms with van der Waals surface area (Å²) in [7, 11) is 0. The van der Waals surface area contributed by atoms with Gasteiger partial charge in [-0.3, -0.25) is 19.6 Å². The molecule has 0 unspecified atom stereocenters. The Morgan fingerprint density at radius 3 is 2.64 bits per heavy atom. The van der Waals surface area contributed by atoms with Crippen LogP contribution in [0, 0.1) is 6.92 Å². The molecule has 1 aliphatic heterocycles. The zero-order valence-corrected chi connectivity index (χ0v) is 18.6. The summed E-state index contributed by atoms with van der Waals surface area (Å²) < 4.78 is 1.84. The fraction of sp³-hybridized carbons (Fsp3) is 0.269. The number of anilines is 1. The maximum atomic E-state index is 12.6. The number of fused-ring (bicyclic) bond motifs is 1. The first-order valence-corrected chi connectivity index (χ1v) is 11.2. The van der Waals surface area contributed by atoms with Crippen LogP contribution in [0.2, 0.25) is 0 Å². The van der Waals surface area contributed by atoms with Gasteiger partial charge in [0.25, 0.3) is 0 Å². The third-order valence-corrected chi connectivity index (χ3v) is 6.03. The smallest absolute Gasteiger partial charge is 0.227 e. The Hall–Kier alpha value is -3.87. The maximum absolute atomic E-state index is 12.6. The summed E-state index contributed by atoms with van der Waals surface area (Å²) in [5.74, 6) is 0.335. The van der Waals surface area contributed by atoms with Crippen LogP contribution >= 0.6 is 0 Å².